The summed E-state index contributed by atoms with van der Waals surface area (Å²) < 4.78 is 7.34. The van der Waals surface area contributed by atoms with E-state index >= 15 is 0 Å². The summed E-state index contributed by atoms with van der Waals surface area (Å²) in [4.78, 5) is 31.3. The molecule has 2 heterocycles. The average Bonchev–Trinajstić information content (AvgIpc) is 3.34. The van der Waals surface area contributed by atoms with Gasteiger partial charge in [0, 0.05) is 16.7 Å². The van der Waals surface area contributed by atoms with Crippen molar-refractivity contribution in [3.05, 3.63) is 50.6 Å². The van der Waals surface area contributed by atoms with Crippen LogP contribution in [0.25, 0.3) is 10.2 Å². The van der Waals surface area contributed by atoms with E-state index < -0.39 is 5.91 Å². The molecule has 8 heteroatoms. The quantitative estimate of drug-likeness (QED) is 0.433. The van der Waals surface area contributed by atoms with Crippen molar-refractivity contribution >= 4 is 39.2 Å². The maximum Gasteiger partial charge on any atom is 0.263 e. The number of carbonyl (C=O) groups is 1. The van der Waals surface area contributed by atoms with E-state index in [1.165, 1.54) is 0 Å². The molecule has 0 aliphatic heterocycles. The van der Waals surface area contributed by atoms with Crippen LogP contribution in [0.3, 0.4) is 0 Å². The number of aromatic nitrogens is 2. The Kier molecular flexibility index (Phi) is 6.15. The molecule has 1 aliphatic rings. The second kappa shape index (κ2) is 8.81. The minimum Gasteiger partial charge on any atom is -0.484 e. The second-order valence-corrected chi connectivity index (χ2v) is 9.81. The molecule has 1 aromatic carbocycles. The van der Waals surface area contributed by atoms with Gasteiger partial charge < -0.3 is 10.5 Å². The van der Waals surface area contributed by atoms with Gasteiger partial charge in [-0.05, 0) is 49.9 Å². The van der Waals surface area contributed by atoms with Gasteiger partial charge in [-0.25, -0.2) is 4.98 Å². The Morgan fingerprint density at radius 3 is 2.83 bits per heavy atom. The molecule has 0 spiro atoms. The third-order valence-corrected chi connectivity index (χ3v) is 7.66. The van der Waals surface area contributed by atoms with Gasteiger partial charge in [-0.15, -0.1) is 11.3 Å². The topological polar surface area (TPSA) is 87.2 Å². The zero-order chi connectivity index (χ0) is 21.3. The number of thiophene rings is 1. The highest BCUT2D eigenvalue weighted by Crippen LogP contribution is 2.35. The van der Waals surface area contributed by atoms with E-state index in [2.05, 4.69) is 0 Å². The van der Waals surface area contributed by atoms with E-state index in [4.69, 9.17) is 15.5 Å². The van der Waals surface area contributed by atoms with Gasteiger partial charge in [0.15, 0.2) is 11.8 Å². The molecule has 1 fully saturated rings. The fraction of sp³-hybridized carbons (Fsp3) is 0.409. The summed E-state index contributed by atoms with van der Waals surface area (Å²) in [7, 11) is 0. The van der Waals surface area contributed by atoms with Crippen LogP contribution in [-0.4, -0.2) is 22.1 Å². The molecule has 0 unspecified atom stereocenters. The van der Waals surface area contributed by atoms with Gasteiger partial charge in [0.1, 0.15) is 10.6 Å². The SMILES string of the molecule is Cc1sc2nc(SCc3cccc(OCC(N)=O)c3)n(C3CCCC3)c(=O)c2c1C. The van der Waals surface area contributed by atoms with Crippen LogP contribution in [0.1, 0.15) is 47.7 Å². The minimum atomic E-state index is -0.505. The minimum absolute atomic E-state index is 0.0924. The van der Waals surface area contributed by atoms with Gasteiger partial charge >= 0.3 is 0 Å². The van der Waals surface area contributed by atoms with Gasteiger partial charge in [0.05, 0.1) is 5.39 Å². The lowest BCUT2D eigenvalue weighted by Gasteiger charge is -2.18. The molecule has 1 saturated carbocycles. The van der Waals surface area contributed by atoms with E-state index in [1.54, 1.807) is 29.2 Å². The summed E-state index contributed by atoms with van der Waals surface area (Å²) in [5, 5.41) is 1.56. The standard InChI is InChI=1S/C22H25N3O3S2/c1-13-14(2)30-20-19(13)21(27)25(16-7-3-4-8-16)22(24-20)29-12-15-6-5-9-17(10-15)28-11-18(23)26/h5-6,9-10,16H,3-4,7-8,11-12H2,1-2H3,(H2,23,26). The number of nitrogens with two attached hydrogens (primary N) is 1. The molecule has 158 valence electrons. The van der Waals surface area contributed by atoms with Gasteiger partial charge in [0.25, 0.3) is 11.5 Å². The molecule has 2 N–H and O–H groups in total. The number of nitrogens with zero attached hydrogens (tertiary/aromatic N) is 2. The number of ether oxygens (including phenoxy) is 1. The van der Waals surface area contributed by atoms with Crippen molar-refractivity contribution < 1.29 is 9.53 Å². The van der Waals surface area contributed by atoms with E-state index in [9.17, 15) is 9.59 Å². The number of aryl methyl sites for hydroxylation is 2. The first-order chi connectivity index (χ1) is 14.4. The zero-order valence-corrected chi connectivity index (χ0v) is 18.8. The lowest BCUT2D eigenvalue weighted by atomic mass is 10.2. The smallest absolute Gasteiger partial charge is 0.263 e. The molecule has 4 rings (SSSR count). The highest BCUT2D eigenvalue weighted by Gasteiger charge is 2.24. The predicted octanol–water partition coefficient (Wildman–Crippen LogP) is 4.35. The number of hydrogen-bond acceptors (Lipinski definition) is 6. The summed E-state index contributed by atoms with van der Waals surface area (Å²) in [6, 6.07) is 7.81. The lowest BCUT2D eigenvalue weighted by molar-refractivity contribution is -0.119. The Balaban J connectivity index is 1.65. The largest absolute Gasteiger partial charge is 0.484 e. The van der Waals surface area contributed by atoms with Crippen LogP contribution in [0.15, 0.2) is 34.2 Å². The molecule has 0 saturated heterocycles. The molecular formula is C22H25N3O3S2. The molecule has 0 radical (unpaired) electrons. The monoisotopic (exact) mass is 443 g/mol. The Morgan fingerprint density at radius 2 is 2.10 bits per heavy atom. The Morgan fingerprint density at radius 1 is 1.33 bits per heavy atom. The summed E-state index contributed by atoms with van der Waals surface area (Å²) >= 11 is 3.17. The van der Waals surface area contributed by atoms with Crippen LogP contribution in [-0.2, 0) is 10.5 Å². The molecule has 1 aliphatic carbocycles. The van der Waals surface area contributed by atoms with Crippen LogP contribution in [0.5, 0.6) is 5.75 Å². The van der Waals surface area contributed by atoms with Crippen LogP contribution < -0.4 is 16.0 Å². The van der Waals surface area contributed by atoms with E-state index in [0.29, 0.717) is 11.5 Å². The number of rotatable bonds is 7. The number of hydrogen-bond donors (Lipinski definition) is 1. The van der Waals surface area contributed by atoms with Crippen molar-refractivity contribution in [2.75, 3.05) is 6.61 Å². The van der Waals surface area contributed by atoms with Crippen molar-refractivity contribution in [2.24, 2.45) is 5.73 Å². The Bertz CT molecular complexity index is 1150. The number of primary amides is 1. The first-order valence-electron chi connectivity index (χ1n) is 10.1. The Labute approximate surface area is 183 Å². The number of thioether (sulfide) groups is 1. The first kappa shape index (κ1) is 20.9. The molecule has 30 heavy (non-hydrogen) atoms. The predicted molar refractivity (Wildman–Crippen MR) is 122 cm³/mol. The maximum absolute atomic E-state index is 13.4. The van der Waals surface area contributed by atoms with Crippen LogP contribution in [0, 0.1) is 13.8 Å². The zero-order valence-electron chi connectivity index (χ0n) is 17.1. The van der Waals surface area contributed by atoms with Crippen molar-refractivity contribution in [2.45, 2.75) is 56.5 Å². The number of benzene rings is 1. The third kappa shape index (κ3) is 4.25. The summed E-state index contributed by atoms with van der Waals surface area (Å²) in [6.45, 7) is 3.92. The van der Waals surface area contributed by atoms with Gasteiger partial charge in [-0.1, -0.05) is 36.7 Å². The number of fused-ring (bicyclic) bond motifs is 1. The van der Waals surface area contributed by atoms with Crippen molar-refractivity contribution in [1.29, 1.82) is 0 Å². The van der Waals surface area contributed by atoms with Gasteiger partial charge in [-0.2, -0.15) is 0 Å². The fourth-order valence-corrected chi connectivity index (χ4v) is 5.98. The summed E-state index contributed by atoms with van der Waals surface area (Å²) in [5.74, 6) is 0.754. The Hall–Kier alpha value is -2.32. The second-order valence-electron chi connectivity index (χ2n) is 7.66. The molecule has 3 aromatic rings. The van der Waals surface area contributed by atoms with Crippen molar-refractivity contribution in [1.82, 2.24) is 9.55 Å². The molecule has 6 nitrogen and oxygen atoms in total. The van der Waals surface area contributed by atoms with Crippen LogP contribution in [0.2, 0.25) is 0 Å². The molecule has 2 aromatic heterocycles. The fourth-order valence-electron chi connectivity index (χ4n) is 3.90. The first-order valence-corrected chi connectivity index (χ1v) is 11.9. The van der Waals surface area contributed by atoms with Crippen LogP contribution in [0.4, 0.5) is 0 Å². The van der Waals surface area contributed by atoms with E-state index in [0.717, 1.165) is 57.1 Å². The molecule has 0 bridgehead atoms. The lowest BCUT2D eigenvalue weighted by Crippen LogP contribution is -2.26. The number of carbonyl (C=O) groups excluding carboxylic acids is 1. The highest BCUT2D eigenvalue weighted by atomic mass is 32.2. The van der Waals surface area contributed by atoms with Gasteiger partial charge in [-0.3, -0.25) is 14.2 Å². The van der Waals surface area contributed by atoms with E-state index in [1.807, 2.05) is 36.6 Å². The highest BCUT2D eigenvalue weighted by molar-refractivity contribution is 7.98. The average molecular weight is 444 g/mol. The molecular weight excluding hydrogens is 418 g/mol. The van der Waals surface area contributed by atoms with Gasteiger partial charge in [0.2, 0.25) is 0 Å². The normalized spacial score (nSPS) is 14.5. The number of amides is 1. The van der Waals surface area contributed by atoms with Crippen LogP contribution >= 0.6 is 23.1 Å². The van der Waals surface area contributed by atoms with E-state index in [-0.39, 0.29) is 18.2 Å². The van der Waals surface area contributed by atoms with Crippen molar-refractivity contribution in [3.63, 3.8) is 0 Å². The third-order valence-electron chi connectivity index (χ3n) is 5.54. The molecule has 0 atom stereocenters. The maximum atomic E-state index is 13.4. The van der Waals surface area contributed by atoms with Crippen molar-refractivity contribution in [3.8, 4) is 5.75 Å². The summed E-state index contributed by atoms with van der Waals surface area (Å²) in [5.41, 5.74) is 7.33. The molecule has 1 amide bonds. The summed E-state index contributed by atoms with van der Waals surface area (Å²) in [6.07, 6.45) is 4.36.